The summed E-state index contributed by atoms with van der Waals surface area (Å²) in [4.78, 5) is 5.22. The zero-order valence-electron chi connectivity index (χ0n) is 11.7. The second kappa shape index (κ2) is 5.66. The number of nitrogens with two attached hydrogens (primary N) is 1. The highest BCUT2D eigenvalue weighted by Crippen LogP contribution is 2.24. The number of anilines is 1. The third-order valence-corrected chi connectivity index (χ3v) is 4.83. The molecule has 0 amide bonds. The molecule has 0 aliphatic heterocycles. The number of hydrogen-bond donors (Lipinski definition) is 1. The number of aromatic nitrogens is 1. The Hall–Kier alpha value is -2.20. The minimum Gasteiger partial charge on any atom is -0.398 e. The zero-order chi connectivity index (χ0) is 14.8. The van der Waals surface area contributed by atoms with Crippen LogP contribution in [0.4, 0.5) is 5.69 Å². The van der Waals surface area contributed by atoms with Gasteiger partial charge in [0.1, 0.15) is 0 Å². The second-order valence-corrected chi connectivity index (χ2v) is 6.47. The Kier molecular flexibility index (Phi) is 3.71. The van der Waals surface area contributed by atoms with E-state index in [1.165, 1.54) is 0 Å². The highest BCUT2D eigenvalue weighted by Gasteiger charge is 2.10. The van der Waals surface area contributed by atoms with Crippen molar-refractivity contribution in [3.8, 4) is 0 Å². The van der Waals surface area contributed by atoms with E-state index in [-0.39, 0.29) is 0 Å². The van der Waals surface area contributed by atoms with Crippen LogP contribution in [0.5, 0.6) is 0 Å². The first kappa shape index (κ1) is 13.8. The maximum atomic E-state index is 12.5. The van der Waals surface area contributed by atoms with Gasteiger partial charge in [0.25, 0.3) is 0 Å². The van der Waals surface area contributed by atoms with Crippen molar-refractivity contribution >= 4 is 27.4 Å². The molecule has 1 atom stereocenters. The Balaban J connectivity index is 1.97. The minimum absolute atomic E-state index is 0.441. The molecule has 3 aromatic rings. The molecule has 106 valence electrons. The molecule has 0 bridgehead atoms. The summed E-state index contributed by atoms with van der Waals surface area (Å²) in [7, 11) is -1.09. The molecular weight excluding hydrogens is 280 g/mol. The molecule has 0 radical (unpaired) electrons. The van der Waals surface area contributed by atoms with Gasteiger partial charge in [-0.3, -0.25) is 9.19 Å². The lowest BCUT2D eigenvalue weighted by Crippen LogP contribution is -1.99. The molecule has 0 aliphatic carbocycles. The molecule has 21 heavy (non-hydrogen) atoms. The van der Waals surface area contributed by atoms with Gasteiger partial charge < -0.3 is 5.73 Å². The summed E-state index contributed by atoms with van der Waals surface area (Å²) in [6, 6.07) is 15.4. The van der Waals surface area contributed by atoms with Gasteiger partial charge in [-0.1, -0.05) is 23.8 Å². The molecule has 1 heterocycles. The van der Waals surface area contributed by atoms with Gasteiger partial charge in [-0.15, -0.1) is 0 Å². The van der Waals surface area contributed by atoms with Crippen molar-refractivity contribution in [1.29, 1.82) is 0 Å². The van der Waals surface area contributed by atoms with Crippen molar-refractivity contribution in [3.05, 3.63) is 65.9 Å². The van der Waals surface area contributed by atoms with Gasteiger partial charge in [0.15, 0.2) is 0 Å². The van der Waals surface area contributed by atoms with Crippen LogP contribution in [0, 0.1) is 6.92 Å². The number of pyridine rings is 1. The van der Waals surface area contributed by atoms with Crippen molar-refractivity contribution in [2.24, 2.45) is 0 Å². The lowest BCUT2D eigenvalue weighted by molar-refractivity contribution is 0.682. The topological polar surface area (TPSA) is 56.0 Å². The molecule has 0 saturated carbocycles. The highest BCUT2D eigenvalue weighted by molar-refractivity contribution is 7.84. The van der Waals surface area contributed by atoms with Gasteiger partial charge in [-0.05, 0) is 42.8 Å². The fraction of sp³-hybridized carbons (Fsp3) is 0.118. The Morgan fingerprint density at radius 1 is 1.10 bits per heavy atom. The number of nitrogen functional groups attached to an aromatic ring is 1. The second-order valence-electron chi connectivity index (χ2n) is 5.02. The SMILES string of the molecule is Cc1ccc(S(=O)Cc2ccc(N)c3cccnc23)cc1. The van der Waals surface area contributed by atoms with E-state index in [1.807, 2.05) is 55.5 Å². The maximum absolute atomic E-state index is 12.5. The third-order valence-electron chi connectivity index (χ3n) is 3.46. The Morgan fingerprint density at radius 3 is 2.62 bits per heavy atom. The molecule has 0 aliphatic rings. The first-order valence-corrected chi connectivity index (χ1v) is 8.04. The smallest absolute Gasteiger partial charge is 0.0764 e. The van der Waals surface area contributed by atoms with Crippen LogP contribution in [0.15, 0.2) is 59.6 Å². The Labute approximate surface area is 126 Å². The average Bonchev–Trinajstić information content (AvgIpc) is 2.51. The summed E-state index contributed by atoms with van der Waals surface area (Å²) in [6.45, 7) is 2.02. The average molecular weight is 296 g/mol. The maximum Gasteiger partial charge on any atom is 0.0764 e. The predicted octanol–water partition coefficient (Wildman–Crippen LogP) is 3.43. The van der Waals surface area contributed by atoms with Gasteiger partial charge in [-0.25, -0.2) is 0 Å². The summed E-state index contributed by atoms with van der Waals surface area (Å²) in [5, 5.41) is 0.913. The van der Waals surface area contributed by atoms with Crippen LogP contribution in [0.3, 0.4) is 0 Å². The van der Waals surface area contributed by atoms with E-state index in [1.54, 1.807) is 6.20 Å². The van der Waals surface area contributed by atoms with E-state index in [2.05, 4.69) is 4.98 Å². The van der Waals surface area contributed by atoms with Crippen molar-refractivity contribution in [2.75, 3.05) is 5.73 Å². The first-order valence-electron chi connectivity index (χ1n) is 6.72. The summed E-state index contributed by atoms with van der Waals surface area (Å²) in [5.41, 5.74) is 9.62. The van der Waals surface area contributed by atoms with Crippen LogP contribution in [-0.2, 0) is 16.6 Å². The quantitative estimate of drug-likeness (QED) is 0.753. The lowest BCUT2D eigenvalue weighted by atomic mass is 10.1. The molecule has 3 nitrogen and oxygen atoms in total. The van der Waals surface area contributed by atoms with E-state index < -0.39 is 10.8 Å². The van der Waals surface area contributed by atoms with Gasteiger partial charge in [-0.2, -0.15) is 0 Å². The van der Waals surface area contributed by atoms with Crippen molar-refractivity contribution < 1.29 is 4.21 Å². The van der Waals surface area contributed by atoms with Gasteiger partial charge >= 0.3 is 0 Å². The van der Waals surface area contributed by atoms with Crippen LogP contribution in [0.25, 0.3) is 10.9 Å². The van der Waals surface area contributed by atoms with E-state index in [0.29, 0.717) is 11.4 Å². The van der Waals surface area contributed by atoms with Crippen LogP contribution in [0.1, 0.15) is 11.1 Å². The first-order chi connectivity index (χ1) is 10.1. The van der Waals surface area contributed by atoms with Gasteiger partial charge in [0.2, 0.25) is 0 Å². The summed E-state index contributed by atoms with van der Waals surface area (Å²) < 4.78 is 12.5. The van der Waals surface area contributed by atoms with Gasteiger partial charge in [0, 0.05) is 22.2 Å². The van der Waals surface area contributed by atoms with Gasteiger partial charge in [0.05, 0.1) is 22.1 Å². The van der Waals surface area contributed by atoms with Crippen LogP contribution < -0.4 is 5.73 Å². The van der Waals surface area contributed by atoms with E-state index in [4.69, 9.17) is 5.73 Å². The minimum atomic E-state index is -1.09. The summed E-state index contributed by atoms with van der Waals surface area (Å²) in [6.07, 6.45) is 1.74. The largest absolute Gasteiger partial charge is 0.398 e. The third kappa shape index (κ3) is 2.81. The van der Waals surface area contributed by atoms with Crippen LogP contribution in [0.2, 0.25) is 0 Å². The van der Waals surface area contributed by atoms with Crippen molar-refractivity contribution in [2.45, 2.75) is 17.6 Å². The Morgan fingerprint density at radius 2 is 1.86 bits per heavy atom. The fourth-order valence-electron chi connectivity index (χ4n) is 2.28. The standard InChI is InChI=1S/C17H16N2OS/c1-12-4-7-14(8-5-12)21(20)11-13-6-9-16(18)15-3-2-10-19-17(13)15/h2-10H,11,18H2,1H3. The molecular formula is C17H16N2OS. The summed E-state index contributed by atoms with van der Waals surface area (Å²) >= 11 is 0. The van der Waals surface area contributed by atoms with E-state index in [0.717, 1.165) is 26.9 Å². The normalized spacial score (nSPS) is 12.4. The molecule has 2 aromatic carbocycles. The fourth-order valence-corrected chi connectivity index (χ4v) is 3.41. The number of aryl methyl sites for hydroxylation is 1. The number of rotatable bonds is 3. The Bertz CT molecular complexity index is 813. The lowest BCUT2D eigenvalue weighted by Gasteiger charge is -2.08. The number of benzene rings is 2. The zero-order valence-corrected chi connectivity index (χ0v) is 12.6. The van der Waals surface area contributed by atoms with E-state index in [9.17, 15) is 4.21 Å². The van der Waals surface area contributed by atoms with Crippen LogP contribution >= 0.6 is 0 Å². The molecule has 4 heteroatoms. The molecule has 0 fully saturated rings. The number of nitrogens with zero attached hydrogens (tertiary/aromatic N) is 1. The highest BCUT2D eigenvalue weighted by atomic mass is 32.2. The molecule has 2 N–H and O–H groups in total. The molecule has 1 unspecified atom stereocenters. The monoisotopic (exact) mass is 296 g/mol. The van der Waals surface area contributed by atoms with Crippen molar-refractivity contribution in [1.82, 2.24) is 4.98 Å². The summed E-state index contributed by atoms with van der Waals surface area (Å²) in [5.74, 6) is 0.441. The molecule has 1 aromatic heterocycles. The molecule has 0 saturated heterocycles. The van der Waals surface area contributed by atoms with Crippen LogP contribution in [-0.4, -0.2) is 9.19 Å². The number of hydrogen-bond acceptors (Lipinski definition) is 3. The molecule has 3 rings (SSSR count). The molecule has 0 spiro atoms. The van der Waals surface area contributed by atoms with Crippen molar-refractivity contribution in [3.63, 3.8) is 0 Å². The van der Waals surface area contributed by atoms with E-state index >= 15 is 0 Å². The number of fused-ring (bicyclic) bond motifs is 1. The predicted molar refractivity (Wildman–Crippen MR) is 87.4 cm³/mol.